The van der Waals surface area contributed by atoms with Gasteiger partial charge < -0.3 is 5.32 Å². The molecule has 1 atom stereocenters. The Balaban J connectivity index is 2.05. The Kier molecular flexibility index (Phi) is 3.97. The maximum atomic E-state index is 4.44. The molecule has 2 heterocycles. The number of nitrogens with zero attached hydrogens (tertiary/aromatic N) is 3. The molecule has 0 aliphatic heterocycles. The molecule has 0 amide bonds. The van der Waals surface area contributed by atoms with Gasteiger partial charge in [-0.1, -0.05) is 25.1 Å². The summed E-state index contributed by atoms with van der Waals surface area (Å²) in [6.45, 7) is 3.11. The Bertz CT molecular complexity index is 727. The molecule has 0 saturated heterocycles. The van der Waals surface area contributed by atoms with Gasteiger partial charge in [-0.05, 0) is 31.2 Å². The third-order valence-electron chi connectivity index (χ3n) is 3.72. The molecule has 0 bridgehead atoms. The number of aromatic nitrogens is 3. The fourth-order valence-electron chi connectivity index (χ4n) is 2.75. The Labute approximate surface area is 124 Å². The van der Waals surface area contributed by atoms with Crippen molar-refractivity contribution in [2.24, 2.45) is 0 Å². The monoisotopic (exact) mass is 280 g/mol. The summed E-state index contributed by atoms with van der Waals surface area (Å²) in [6, 6.07) is 10.5. The lowest BCUT2D eigenvalue weighted by molar-refractivity contribution is 0.600. The molecule has 2 aromatic heterocycles. The van der Waals surface area contributed by atoms with Crippen LogP contribution in [-0.2, 0) is 6.54 Å². The maximum Gasteiger partial charge on any atom is 0.0705 e. The van der Waals surface area contributed by atoms with Gasteiger partial charge in [-0.3, -0.25) is 9.67 Å². The van der Waals surface area contributed by atoms with Gasteiger partial charge in [0, 0.05) is 29.9 Å². The summed E-state index contributed by atoms with van der Waals surface area (Å²) in [6.07, 6.45) is 7.04. The molecule has 0 spiro atoms. The van der Waals surface area contributed by atoms with Gasteiger partial charge in [-0.2, -0.15) is 5.10 Å². The van der Waals surface area contributed by atoms with Crippen molar-refractivity contribution < 1.29 is 0 Å². The summed E-state index contributed by atoms with van der Waals surface area (Å²) in [5, 5.41) is 9.03. The van der Waals surface area contributed by atoms with E-state index in [1.807, 2.05) is 36.3 Å². The molecule has 21 heavy (non-hydrogen) atoms. The zero-order valence-electron chi connectivity index (χ0n) is 12.5. The zero-order chi connectivity index (χ0) is 14.7. The molecule has 108 valence electrons. The molecule has 1 unspecified atom stereocenters. The first kappa shape index (κ1) is 13.8. The fourth-order valence-corrected chi connectivity index (χ4v) is 2.75. The van der Waals surface area contributed by atoms with E-state index in [2.05, 4.69) is 46.7 Å². The summed E-state index contributed by atoms with van der Waals surface area (Å²) in [4.78, 5) is 4.44. The Hall–Kier alpha value is -2.20. The van der Waals surface area contributed by atoms with E-state index in [0.717, 1.165) is 18.5 Å². The van der Waals surface area contributed by atoms with Crippen LogP contribution in [0.2, 0.25) is 0 Å². The standard InChI is InChI=1S/C17H20N4/c1-3-10-21-12-13(11-20-21)17(18-2)15-8-9-19-16-7-5-4-6-14(15)16/h4-9,11-12,17-18H,3,10H2,1-2H3. The second-order valence-electron chi connectivity index (χ2n) is 5.18. The molecule has 0 aliphatic rings. The van der Waals surface area contributed by atoms with Crippen molar-refractivity contribution in [3.8, 4) is 0 Å². The molecule has 4 heteroatoms. The third kappa shape index (κ3) is 2.67. The molecule has 0 saturated carbocycles. The van der Waals surface area contributed by atoms with Crippen LogP contribution in [0.1, 0.15) is 30.5 Å². The lowest BCUT2D eigenvalue weighted by atomic mass is 9.98. The number of hydrogen-bond acceptors (Lipinski definition) is 3. The summed E-state index contributed by atoms with van der Waals surface area (Å²) in [5.41, 5.74) is 3.44. The summed E-state index contributed by atoms with van der Waals surface area (Å²) < 4.78 is 2.00. The van der Waals surface area contributed by atoms with Crippen molar-refractivity contribution in [3.63, 3.8) is 0 Å². The minimum Gasteiger partial charge on any atom is -0.309 e. The largest absolute Gasteiger partial charge is 0.309 e. The van der Waals surface area contributed by atoms with Crippen molar-refractivity contribution in [3.05, 3.63) is 60.0 Å². The van der Waals surface area contributed by atoms with Crippen LogP contribution in [0.4, 0.5) is 0 Å². The van der Waals surface area contributed by atoms with E-state index in [9.17, 15) is 0 Å². The zero-order valence-corrected chi connectivity index (χ0v) is 12.5. The first-order chi connectivity index (χ1) is 10.3. The summed E-state index contributed by atoms with van der Waals surface area (Å²) >= 11 is 0. The van der Waals surface area contributed by atoms with Crippen molar-refractivity contribution in [1.29, 1.82) is 0 Å². The Morgan fingerprint density at radius 1 is 1.24 bits per heavy atom. The highest BCUT2D eigenvalue weighted by atomic mass is 15.3. The average Bonchev–Trinajstić information content (AvgIpc) is 2.97. The molecule has 1 N–H and O–H groups in total. The fraction of sp³-hybridized carbons (Fsp3) is 0.294. The van der Waals surface area contributed by atoms with Gasteiger partial charge in [-0.15, -0.1) is 0 Å². The maximum absolute atomic E-state index is 4.44. The van der Waals surface area contributed by atoms with Crippen LogP contribution in [0.25, 0.3) is 10.9 Å². The van der Waals surface area contributed by atoms with Crippen LogP contribution in [0, 0.1) is 0 Å². The summed E-state index contributed by atoms with van der Waals surface area (Å²) in [5.74, 6) is 0. The number of rotatable bonds is 5. The second kappa shape index (κ2) is 6.06. The van der Waals surface area contributed by atoms with Gasteiger partial charge >= 0.3 is 0 Å². The van der Waals surface area contributed by atoms with Gasteiger partial charge in [0.1, 0.15) is 0 Å². The first-order valence-electron chi connectivity index (χ1n) is 7.36. The number of nitrogens with one attached hydrogen (secondary N) is 1. The quantitative estimate of drug-likeness (QED) is 0.780. The lowest BCUT2D eigenvalue weighted by Crippen LogP contribution is -2.17. The normalized spacial score (nSPS) is 12.7. The highest BCUT2D eigenvalue weighted by Gasteiger charge is 2.16. The van der Waals surface area contributed by atoms with E-state index in [1.165, 1.54) is 16.5 Å². The topological polar surface area (TPSA) is 42.7 Å². The van der Waals surface area contributed by atoms with Gasteiger partial charge in [-0.25, -0.2) is 0 Å². The molecule has 4 nitrogen and oxygen atoms in total. The molecule has 0 aliphatic carbocycles. The average molecular weight is 280 g/mol. The van der Waals surface area contributed by atoms with Gasteiger partial charge in [0.05, 0.1) is 17.8 Å². The number of benzene rings is 1. The van der Waals surface area contributed by atoms with Crippen LogP contribution in [-0.4, -0.2) is 21.8 Å². The van der Waals surface area contributed by atoms with E-state index in [0.29, 0.717) is 0 Å². The second-order valence-corrected chi connectivity index (χ2v) is 5.18. The number of hydrogen-bond donors (Lipinski definition) is 1. The third-order valence-corrected chi connectivity index (χ3v) is 3.72. The smallest absolute Gasteiger partial charge is 0.0705 e. The lowest BCUT2D eigenvalue weighted by Gasteiger charge is -2.17. The first-order valence-corrected chi connectivity index (χ1v) is 7.36. The predicted octanol–water partition coefficient (Wildman–Crippen LogP) is 3.15. The van der Waals surface area contributed by atoms with Crippen molar-refractivity contribution in [2.45, 2.75) is 25.9 Å². The van der Waals surface area contributed by atoms with Crippen molar-refractivity contribution >= 4 is 10.9 Å². The minimum absolute atomic E-state index is 0.128. The number of fused-ring (bicyclic) bond motifs is 1. The molecule has 3 aromatic rings. The van der Waals surface area contributed by atoms with E-state index in [1.54, 1.807) is 0 Å². The SMILES string of the molecule is CCCn1cc(C(NC)c2ccnc3ccccc23)cn1. The van der Waals surface area contributed by atoms with Crippen LogP contribution in [0.3, 0.4) is 0 Å². The minimum atomic E-state index is 0.128. The van der Waals surface area contributed by atoms with Crippen LogP contribution in [0.5, 0.6) is 0 Å². The number of para-hydroxylation sites is 1. The highest BCUT2D eigenvalue weighted by Crippen LogP contribution is 2.27. The van der Waals surface area contributed by atoms with Gasteiger partial charge in [0.25, 0.3) is 0 Å². The predicted molar refractivity (Wildman–Crippen MR) is 85.2 cm³/mol. The van der Waals surface area contributed by atoms with Gasteiger partial charge in [0.15, 0.2) is 0 Å². The number of aryl methyl sites for hydroxylation is 1. The van der Waals surface area contributed by atoms with E-state index < -0.39 is 0 Å². The van der Waals surface area contributed by atoms with Crippen LogP contribution in [0.15, 0.2) is 48.9 Å². The number of pyridine rings is 1. The van der Waals surface area contributed by atoms with Crippen LogP contribution >= 0.6 is 0 Å². The molecule has 1 aromatic carbocycles. The van der Waals surface area contributed by atoms with Crippen molar-refractivity contribution in [1.82, 2.24) is 20.1 Å². The Morgan fingerprint density at radius 2 is 2.10 bits per heavy atom. The highest BCUT2D eigenvalue weighted by molar-refractivity contribution is 5.82. The van der Waals surface area contributed by atoms with E-state index in [4.69, 9.17) is 0 Å². The summed E-state index contributed by atoms with van der Waals surface area (Å²) in [7, 11) is 1.98. The molecule has 3 rings (SSSR count). The molecule has 0 radical (unpaired) electrons. The van der Waals surface area contributed by atoms with Crippen LogP contribution < -0.4 is 5.32 Å². The van der Waals surface area contributed by atoms with Crippen molar-refractivity contribution in [2.75, 3.05) is 7.05 Å². The van der Waals surface area contributed by atoms with E-state index >= 15 is 0 Å². The Morgan fingerprint density at radius 3 is 2.90 bits per heavy atom. The molecular formula is C17H20N4. The van der Waals surface area contributed by atoms with E-state index in [-0.39, 0.29) is 6.04 Å². The molecular weight excluding hydrogens is 260 g/mol. The van der Waals surface area contributed by atoms with Gasteiger partial charge in [0.2, 0.25) is 0 Å². The molecule has 0 fully saturated rings.